The van der Waals surface area contributed by atoms with E-state index in [0.29, 0.717) is 12.1 Å². The summed E-state index contributed by atoms with van der Waals surface area (Å²) >= 11 is 1.02. The maximum absolute atomic E-state index is 11.5. The van der Waals surface area contributed by atoms with Gasteiger partial charge in [-0.1, -0.05) is 24.7 Å². The smallest absolute Gasteiger partial charge is 0.315 e. The fourth-order valence-corrected chi connectivity index (χ4v) is 2.10. The molecule has 1 aromatic heterocycles. The van der Waals surface area contributed by atoms with Gasteiger partial charge in [0.1, 0.15) is 0 Å². The van der Waals surface area contributed by atoms with Crippen molar-refractivity contribution in [1.82, 2.24) is 15.6 Å². The van der Waals surface area contributed by atoms with Crippen molar-refractivity contribution >= 4 is 23.3 Å². The number of amides is 2. The molecule has 4 N–H and O–H groups in total. The number of aliphatic carboxylic acids is 1. The fraction of sp³-hybridized carbons (Fsp3) is 0.545. The predicted molar refractivity (Wildman–Crippen MR) is 71.2 cm³/mol. The number of carboxylic acids is 1. The highest BCUT2D eigenvalue weighted by Crippen LogP contribution is 2.04. The van der Waals surface area contributed by atoms with E-state index in [-0.39, 0.29) is 18.0 Å². The second-order valence-electron chi connectivity index (χ2n) is 4.06. The molecule has 1 atom stereocenters. The van der Waals surface area contributed by atoms with Gasteiger partial charge in [-0.3, -0.25) is 9.59 Å². The van der Waals surface area contributed by atoms with Gasteiger partial charge in [0, 0.05) is 17.6 Å². The summed E-state index contributed by atoms with van der Waals surface area (Å²) in [6.07, 6.45) is 1.27. The van der Waals surface area contributed by atoms with Crippen LogP contribution in [0.25, 0.3) is 0 Å². The summed E-state index contributed by atoms with van der Waals surface area (Å²) in [5.74, 6) is -1.49. The average molecular weight is 287 g/mol. The topological polar surface area (TPSA) is 111 Å². The second kappa shape index (κ2) is 7.57. The molecule has 7 nitrogen and oxygen atoms in total. The van der Waals surface area contributed by atoms with Crippen LogP contribution in [0.1, 0.15) is 25.5 Å². The highest BCUT2D eigenvalue weighted by atomic mass is 32.1. The number of hydrogen-bond acceptors (Lipinski definition) is 4. The summed E-state index contributed by atoms with van der Waals surface area (Å²) in [6.45, 7) is 2.19. The number of hydrogen-bond donors (Lipinski definition) is 4. The summed E-state index contributed by atoms with van der Waals surface area (Å²) in [6, 6.07) is -0.450. The van der Waals surface area contributed by atoms with Crippen molar-refractivity contribution in [2.45, 2.75) is 26.3 Å². The Kier molecular flexibility index (Phi) is 6.07. The van der Waals surface area contributed by atoms with Crippen LogP contribution in [0, 0.1) is 5.92 Å². The number of carboxylic acid groups (broad SMARTS) is 1. The Morgan fingerprint density at radius 2 is 2.21 bits per heavy atom. The molecule has 0 saturated heterocycles. The van der Waals surface area contributed by atoms with Crippen LogP contribution in [0.5, 0.6) is 0 Å². The van der Waals surface area contributed by atoms with Crippen LogP contribution in [-0.2, 0) is 11.3 Å². The number of nitrogens with one attached hydrogen (secondary N) is 3. The molecule has 0 bridgehead atoms. The molecule has 19 heavy (non-hydrogen) atoms. The first-order valence-corrected chi connectivity index (χ1v) is 6.82. The zero-order chi connectivity index (χ0) is 14.3. The Hall–Kier alpha value is -1.83. The first-order valence-electron chi connectivity index (χ1n) is 5.94. The zero-order valence-electron chi connectivity index (χ0n) is 10.6. The first kappa shape index (κ1) is 15.2. The molecule has 0 aliphatic heterocycles. The summed E-state index contributed by atoms with van der Waals surface area (Å²) in [4.78, 5) is 35.6. The molecule has 1 rings (SSSR count). The van der Waals surface area contributed by atoms with E-state index in [1.807, 2.05) is 6.92 Å². The molecule has 0 fully saturated rings. The van der Waals surface area contributed by atoms with Crippen LogP contribution in [0.2, 0.25) is 0 Å². The maximum atomic E-state index is 11.5. The number of aromatic amines is 1. The number of rotatable bonds is 7. The monoisotopic (exact) mass is 287 g/mol. The van der Waals surface area contributed by atoms with Gasteiger partial charge in [-0.05, 0) is 6.42 Å². The standard InChI is InChI=1S/C11H17N3O4S/c1-2-3-7(9(15)16)4-12-10(17)13-5-8-6-19-11(18)14-8/h6-7H,2-5H2,1H3,(H,14,18)(H,15,16)(H2,12,13,17). The lowest BCUT2D eigenvalue weighted by Gasteiger charge is -2.12. The van der Waals surface area contributed by atoms with Gasteiger partial charge in [0.2, 0.25) is 0 Å². The number of H-pyrrole nitrogens is 1. The third kappa shape index (κ3) is 5.56. The van der Waals surface area contributed by atoms with Crippen LogP contribution >= 0.6 is 11.3 Å². The molecule has 106 valence electrons. The molecule has 0 aliphatic rings. The quantitative estimate of drug-likeness (QED) is 0.592. The molecule has 2 amide bonds. The third-order valence-corrected chi connectivity index (χ3v) is 3.22. The highest BCUT2D eigenvalue weighted by Gasteiger charge is 2.16. The Labute approximate surface area is 114 Å². The predicted octanol–water partition coefficient (Wildman–Crippen LogP) is 0.736. The summed E-state index contributed by atoms with van der Waals surface area (Å²) in [5.41, 5.74) is 0.619. The lowest BCUT2D eigenvalue weighted by molar-refractivity contribution is -0.141. The lowest BCUT2D eigenvalue weighted by atomic mass is 10.0. The van der Waals surface area contributed by atoms with Crippen LogP contribution in [0.15, 0.2) is 10.2 Å². The Morgan fingerprint density at radius 3 is 2.74 bits per heavy atom. The number of thiazole rings is 1. The van der Waals surface area contributed by atoms with Crippen molar-refractivity contribution in [2.24, 2.45) is 5.92 Å². The Balaban J connectivity index is 2.30. The van der Waals surface area contributed by atoms with E-state index in [2.05, 4.69) is 15.6 Å². The van der Waals surface area contributed by atoms with Gasteiger partial charge in [0.05, 0.1) is 12.5 Å². The van der Waals surface area contributed by atoms with Crippen molar-refractivity contribution in [3.63, 3.8) is 0 Å². The van der Waals surface area contributed by atoms with E-state index < -0.39 is 17.9 Å². The molecular formula is C11H17N3O4S. The van der Waals surface area contributed by atoms with Crippen molar-refractivity contribution in [3.05, 3.63) is 20.7 Å². The van der Waals surface area contributed by atoms with Crippen molar-refractivity contribution in [3.8, 4) is 0 Å². The van der Waals surface area contributed by atoms with Gasteiger partial charge in [-0.2, -0.15) is 0 Å². The number of carbonyl (C=O) groups excluding carboxylic acids is 1. The normalized spacial score (nSPS) is 11.8. The molecule has 0 saturated carbocycles. The summed E-state index contributed by atoms with van der Waals surface area (Å²) < 4.78 is 0. The van der Waals surface area contributed by atoms with Crippen molar-refractivity contribution in [2.75, 3.05) is 6.54 Å². The first-order chi connectivity index (χ1) is 9.02. The van der Waals surface area contributed by atoms with Gasteiger partial charge >= 0.3 is 16.9 Å². The Bertz CT molecular complexity index is 482. The molecule has 0 aliphatic carbocycles. The minimum absolute atomic E-state index is 0.0924. The minimum Gasteiger partial charge on any atom is -0.481 e. The van der Waals surface area contributed by atoms with Crippen molar-refractivity contribution < 1.29 is 14.7 Å². The highest BCUT2D eigenvalue weighted by molar-refractivity contribution is 7.07. The Morgan fingerprint density at radius 1 is 1.47 bits per heavy atom. The van der Waals surface area contributed by atoms with Crippen LogP contribution in [0.3, 0.4) is 0 Å². The summed E-state index contributed by atoms with van der Waals surface area (Å²) in [5, 5.41) is 15.6. The summed E-state index contributed by atoms with van der Waals surface area (Å²) in [7, 11) is 0. The molecule has 8 heteroatoms. The fourth-order valence-electron chi connectivity index (χ4n) is 1.52. The largest absolute Gasteiger partial charge is 0.481 e. The van der Waals surface area contributed by atoms with Crippen LogP contribution < -0.4 is 15.5 Å². The third-order valence-electron chi connectivity index (χ3n) is 2.51. The lowest BCUT2D eigenvalue weighted by Crippen LogP contribution is -2.39. The maximum Gasteiger partial charge on any atom is 0.315 e. The molecule has 0 aromatic carbocycles. The van der Waals surface area contributed by atoms with Crippen LogP contribution in [-0.4, -0.2) is 28.6 Å². The number of carbonyl (C=O) groups is 2. The van der Waals surface area contributed by atoms with Crippen molar-refractivity contribution in [1.29, 1.82) is 0 Å². The molecule has 1 heterocycles. The van der Waals surface area contributed by atoms with Gasteiger partial charge in [0.15, 0.2) is 0 Å². The molecule has 1 unspecified atom stereocenters. The minimum atomic E-state index is -0.913. The van der Waals surface area contributed by atoms with Crippen LogP contribution in [0.4, 0.5) is 4.79 Å². The van der Waals surface area contributed by atoms with E-state index in [1.54, 1.807) is 5.38 Å². The van der Waals surface area contributed by atoms with E-state index in [1.165, 1.54) is 0 Å². The van der Waals surface area contributed by atoms with Gasteiger partial charge in [-0.25, -0.2) is 4.79 Å². The van der Waals surface area contributed by atoms with E-state index >= 15 is 0 Å². The molecule has 0 spiro atoms. The average Bonchev–Trinajstić information content (AvgIpc) is 2.77. The number of aromatic nitrogens is 1. The van der Waals surface area contributed by atoms with Gasteiger partial charge in [0.25, 0.3) is 0 Å². The number of urea groups is 1. The van der Waals surface area contributed by atoms with Gasteiger partial charge < -0.3 is 20.7 Å². The zero-order valence-corrected chi connectivity index (χ0v) is 11.4. The molecule has 1 aromatic rings. The van der Waals surface area contributed by atoms with E-state index in [9.17, 15) is 14.4 Å². The van der Waals surface area contributed by atoms with E-state index in [4.69, 9.17) is 5.11 Å². The molecule has 0 radical (unpaired) electrons. The SMILES string of the molecule is CCCC(CNC(=O)NCc1csc(=O)[nH]1)C(=O)O. The van der Waals surface area contributed by atoms with E-state index in [0.717, 1.165) is 17.8 Å². The molecular weight excluding hydrogens is 270 g/mol. The second-order valence-corrected chi connectivity index (χ2v) is 4.90. The van der Waals surface area contributed by atoms with Gasteiger partial charge in [-0.15, -0.1) is 0 Å².